The Morgan fingerprint density at radius 1 is 1.08 bits per heavy atom. The molecular weight excluding hydrogens is 498 g/mol. The molecule has 2 amide bonds. The van der Waals surface area contributed by atoms with E-state index in [-0.39, 0.29) is 24.0 Å². The van der Waals surface area contributed by atoms with E-state index in [1.165, 1.54) is 11.8 Å². The van der Waals surface area contributed by atoms with Crippen LogP contribution in [0.5, 0.6) is 0 Å². The van der Waals surface area contributed by atoms with E-state index in [0.29, 0.717) is 16.2 Å². The quantitative estimate of drug-likeness (QED) is 0.296. The fraction of sp³-hybridized carbons (Fsp3) is 0.192. The summed E-state index contributed by atoms with van der Waals surface area (Å²) in [7, 11) is 0. The van der Waals surface area contributed by atoms with Gasteiger partial charge < -0.3 is 10.8 Å². The minimum atomic E-state index is -1.30. The molecule has 8 nitrogen and oxygen atoms in total. The summed E-state index contributed by atoms with van der Waals surface area (Å²) in [6.45, 7) is 0.189. The molecule has 186 valence electrons. The van der Waals surface area contributed by atoms with E-state index >= 15 is 0 Å². The first-order chi connectivity index (χ1) is 17.3. The van der Waals surface area contributed by atoms with Crippen LogP contribution in [0, 0.1) is 0 Å². The van der Waals surface area contributed by atoms with Gasteiger partial charge in [0.2, 0.25) is 0 Å². The summed E-state index contributed by atoms with van der Waals surface area (Å²) >= 11 is 5.22. The Morgan fingerprint density at radius 3 is 2.33 bits per heavy atom. The summed E-state index contributed by atoms with van der Waals surface area (Å²) in [6.07, 6.45) is 5.18. The number of carbonyl (C=O) groups excluding carboxylic acids is 2. The zero-order valence-electron chi connectivity index (χ0n) is 19.5. The second-order valence-corrected chi connectivity index (χ2v) is 9.12. The average Bonchev–Trinajstić information content (AvgIpc) is 3.55. The number of hydrogen-bond donors (Lipinski definition) is 3. The number of nitrogens with two attached hydrogens (primary N) is 1. The fourth-order valence-corrected chi connectivity index (χ4v) is 4.39. The lowest BCUT2D eigenvalue weighted by Gasteiger charge is -2.27. The number of benzene rings is 2. The lowest BCUT2D eigenvalue weighted by molar-refractivity contribution is -0.141. The number of carboxylic acids is 1. The Hall–Kier alpha value is -3.47. The molecule has 0 fully saturated rings. The molecule has 0 saturated carbocycles. The first-order valence-corrected chi connectivity index (χ1v) is 12.8. The highest BCUT2D eigenvalue weighted by molar-refractivity contribution is 7.98. The maximum Gasteiger partial charge on any atom is 0.326 e. The number of carboxylic acid groups (broad SMARTS) is 1. The maximum absolute atomic E-state index is 13.3. The molecule has 0 bridgehead atoms. The normalized spacial score (nSPS) is 11.5. The number of carbonyl (C=O) groups is 3. The first kappa shape index (κ1) is 27.1. The van der Waals surface area contributed by atoms with Gasteiger partial charge in [-0.05, 0) is 47.3 Å². The Bertz CT molecular complexity index is 1350. The van der Waals surface area contributed by atoms with Crippen LogP contribution in [0.4, 0.5) is 4.79 Å². The molecule has 1 unspecified atom stereocenters. The SMILES string of the molecule is CSCCC(C(=O)O)N(C(=O)S)C(=O)c1cccc(CN)c1-c1ccccc1.O=c1c2ccncc12. The number of aliphatic carboxylic acids is 1. The number of thiol groups is 1. The number of pyridine rings is 1. The van der Waals surface area contributed by atoms with Crippen LogP contribution in [0.2, 0.25) is 0 Å². The molecule has 0 spiro atoms. The molecule has 36 heavy (non-hydrogen) atoms. The average molecular weight is 524 g/mol. The molecule has 0 aliphatic heterocycles. The van der Waals surface area contributed by atoms with Gasteiger partial charge in [0, 0.05) is 29.9 Å². The largest absolute Gasteiger partial charge is 0.480 e. The summed E-state index contributed by atoms with van der Waals surface area (Å²) < 4.78 is 0. The molecule has 0 radical (unpaired) electrons. The van der Waals surface area contributed by atoms with Crippen LogP contribution in [0.1, 0.15) is 22.3 Å². The van der Waals surface area contributed by atoms with Gasteiger partial charge in [-0.2, -0.15) is 11.8 Å². The highest BCUT2D eigenvalue weighted by Crippen LogP contribution is 2.30. The van der Waals surface area contributed by atoms with Crippen molar-refractivity contribution in [2.45, 2.75) is 19.0 Å². The number of amides is 2. The van der Waals surface area contributed by atoms with Crippen molar-refractivity contribution in [1.82, 2.24) is 9.88 Å². The van der Waals surface area contributed by atoms with Gasteiger partial charge in [-0.1, -0.05) is 55.1 Å². The number of hydrogen-bond acceptors (Lipinski definition) is 7. The van der Waals surface area contributed by atoms with Gasteiger partial charge in [0.1, 0.15) is 6.04 Å². The highest BCUT2D eigenvalue weighted by Gasteiger charge is 2.35. The van der Waals surface area contributed by atoms with Crippen LogP contribution >= 0.6 is 24.4 Å². The molecule has 10 heteroatoms. The van der Waals surface area contributed by atoms with Crippen molar-refractivity contribution in [2.24, 2.45) is 5.73 Å². The second-order valence-electron chi connectivity index (χ2n) is 7.75. The van der Waals surface area contributed by atoms with Gasteiger partial charge in [-0.15, -0.1) is 0 Å². The second kappa shape index (κ2) is 12.5. The third-order valence-corrected chi connectivity index (χ3v) is 6.39. The molecule has 3 aromatic carbocycles. The van der Waals surface area contributed by atoms with E-state index in [2.05, 4.69) is 17.6 Å². The van der Waals surface area contributed by atoms with Crippen molar-refractivity contribution in [3.8, 4) is 11.1 Å². The van der Waals surface area contributed by atoms with Crippen LogP contribution in [0.25, 0.3) is 21.9 Å². The number of fused-ring (bicyclic) bond motifs is 1. The molecule has 3 N–H and O–H groups in total. The number of imide groups is 1. The van der Waals surface area contributed by atoms with Crippen LogP contribution < -0.4 is 11.2 Å². The zero-order valence-corrected chi connectivity index (χ0v) is 21.2. The van der Waals surface area contributed by atoms with Crippen LogP contribution in [-0.4, -0.2) is 50.2 Å². The third-order valence-electron chi connectivity index (χ3n) is 5.53. The molecule has 1 atom stereocenters. The first-order valence-electron chi connectivity index (χ1n) is 11.0. The molecule has 0 aliphatic carbocycles. The monoisotopic (exact) mass is 523 g/mol. The molecule has 1 heterocycles. The van der Waals surface area contributed by atoms with Gasteiger partial charge in [-0.3, -0.25) is 24.3 Å². The van der Waals surface area contributed by atoms with E-state index in [9.17, 15) is 24.3 Å². The summed E-state index contributed by atoms with van der Waals surface area (Å²) in [5.74, 6) is -1.47. The predicted molar refractivity (Wildman–Crippen MR) is 145 cm³/mol. The van der Waals surface area contributed by atoms with E-state index < -0.39 is 23.2 Å². The van der Waals surface area contributed by atoms with Gasteiger partial charge in [0.05, 0.1) is 5.39 Å². The highest BCUT2D eigenvalue weighted by atomic mass is 32.2. The fourth-order valence-electron chi connectivity index (χ4n) is 3.71. The van der Waals surface area contributed by atoms with E-state index in [1.807, 2.05) is 36.6 Å². The van der Waals surface area contributed by atoms with Crippen LogP contribution in [0.15, 0.2) is 71.8 Å². The lowest BCUT2D eigenvalue weighted by Crippen LogP contribution is -2.47. The summed E-state index contributed by atoms with van der Waals surface area (Å²) in [6, 6.07) is 14.7. The molecular formula is C26H25N3O5S2. The topological polar surface area (TPSA) is 131 Å². The van der Waals surface area contributed by atoms with Gasteiger partial charge >= 0.3 is 5.97 Å². The summed E-state index contributed by atoms with van der Waals surface area (Å²) in [5.41, 5.74) is 8.30. The van der Waals surface area contributed by atoms with Crippen molar-refractivity contribution in [3.63, 3.8) is 0 Å². The minimum absolute atomic E-state index is 0.131. The van der Waals surface area contributed by atoms with Gasteiger partial charge in [0.15, 0.2) is 5.43 Å². The number of thioether (sulfide) groups is 1. The molecule has 0 aliphatic rings. The molecule has 0 saturated heterocycles. The predicted octanol–water partition coefficient (Wildman–Crippen LogP) is 3.98. The molecule has 4 rings (SSSR count). The third kappa shape index (κ3) is 6.20. The number of rotatable bonds is 8. The van der Waals surface area contributed by atoms with Crippen molar-refractivity contribution in [2.75, 3.05) is 12.0 Å². The van der Waals surface area contributed by atoms with Gasteiger partial charge in [-0.25, -0.2) is 4.79 Å². The van der Waals surface area contributed by atoms with Gasteiger partial charge in [0.25, 0.3) is 11.1 Å². The van der Waals surface area contributed by atoms with E-state index in [0.717, 1.165) is 21.9 Å². The number of nitrogens with zero attached hydrogens (tertiary/aromatic N) is 2. The Kier molecular flexibility index (Phi) is 9.40. The van der Waals surface area contributed by atoms with E-state index in [4.69, 9.17) is 5.73 Å². The Labute approximate surface area is 217 Å². The summed E-state index contributed by atoms with van der Waals surface area (Å²) in [5, 5.41) is 10.3. The minimum Gasteiger partial charge on any atom is -0.480 e. The van der Waals surface area contributed by atoms with Crippen molar-refractivity contribution in [3.05, 3.63) is 88.3 Å². The van der Waals surface area contributed by atoms with Crippen LogP contribution in [-0.2, 0) is 11.3 Å². The lowest BCUT2D eigenvalue weighted by atomic mass is 9.93. The number of aromatic nitrogens is 1. The molecule has 1 aromatic heterocycles. The Morgan fingerprint density at radius 2 is 1.81 bits per heavy atom. The van der Waals surface area contributed by atoms with Crippen molar-refractivity contribution >= 4 is 52.3 Å². The smallest absolute Gasteiger partial charge is 0.326 e. The van der Waals surface area contributed by atoms with Crippen molar-refractivity contribution in [1.29, 1.82) is 0 Å². The molecule has 4 aromatic rings. The van der Waals surface area contributed by atoms with E-state index in [1.54, 1.807) is 36.7 Å². The van der Waals surface area contributed by atoms with Crippen LogP contribution in [0.3, 0.4) is 0 Å². The summed E-state index contributed by atoms with van der Waals surface area (Å²) in [4.78, 5) is 52.2. The van der Waals surface area contributed by atoms with Crippen molar-refractivity contribution < 1.29 is 19.5 Å². The standard InChI is InChI=1S/C20H22N2O4S2.C6H3NO/c1-28-11-10-16(19(24)25)22(20(26)27)18(23)15-9-5-8-14(12-21)17(15)13-6-3-2-4-7-13;8-6-4-1-2-7-3-5(4)6/h2-9,16H,10-12,21H2,1H3,(H,24,25)(H,26,27);1-3H. The maximum atomic E-state index is 13.3. The Balaban J connectivity index is 0.000000375. The zero-order chi connectivity index (χ0) is 26.2.